The number of rotatable bonds is 6. The van der Waals surface area contributed by atoms with Crippen molar-refractivity contribution < 1.29 is 0 Å². The van der Waals surface area contributed by atoms with Crippen LogP contribution in [-0.4, -0.2) is 21.6 Å². The Bertz CT molecular complexity index is 563. The van der Waals surface area contributed by atoms with E-state index in [9.17, 15) is 0 Å². The lowest BCUT2D eigenvalue weighted by atomic mass is 10.2. The minimum atomic E-state index is -0.0499. The molecule has 5 heteroatoms. The lowest BCUT2D eigenvalue weighted by molar-refractivity contribution is 0.517. The highest BCUT2D eigenvalue weighted by Crippen LogP contribution is 2.23. The largest absolute Gasteiger partial charge is 0.330 e. The van der Waals surface area contributed by atoms with Crippen molar-refractivity contribution in [1.82, 2.24) is 14.9 Å². The van der Waals surface area contributed by atoms with Crippen LogP contribution in [0, 0.1) is 11.3 Å². The predicted octanol–water partition coefficient (Wildman–Crippen LogP) is 2.65. The summed E-state index contributed by atoms with van der Waals surface area (Å²) in [6, 6.07) is 6.98. The van der Waals surface area contributed by atoms with Gasteiger partial charge in [0.25, 0.3) is 0 Å². The van der Waals surface area contributed by atoms with Crippen molar-refractivity contribution in [3.05, 3.63) is 29.9 Å². The van der Waals surface area contributed by atoms with Crippen LogP contribution in [0.4, 0.5) is 0 Å². The molecule has 0 aromatic carbocycles. The maximum Gasteiger partial charge on any atom is 0.149 e. The van der Waals surface area contributed by atoms with Crippen LogP contribution in [0.3, 0.4) is 0 Å². The SMILES string of the molecule is N#CC(CCn1ccnc1-c1cccs1)NC1CC1. The average Bonchev–Trinajstić information content (AvgIpc) is 2.94. The van der Waals surface area contributed by atoms with Gasteiger partial charge in [-0.05, 0) is 30.7 Å². The molecule has 1 N–H and O–H groups in total. The summed E-state index contributed by atoms with van der Waals surface area (Å²) in [7, 11) is 0. The number of aromatic nitrogens is 2. The summed E-state index contributed by atoms with van der Waals surface area (Å²) in [5.41, 5.74) is 0. The molecule has 0 amide bonds. The molecular formula is C14H16N4S. The van der Waals surface area contributed by atoms with Gasteiger partial charge in [-0.1, -0.05) is 6.07 Å². The standard InChI is InChI=1S/C14H16N4S/c15-10-12(17-11-3-4-11)5-7-18-8-6-16-14(18)13-2-1-9-19-13/h1-2,6,8-9,11-12,17H,3-5,7H2. The molecule has 4 nitrogen and oxygen atoms in total. The fourth-order valence-electron chi connectivity index (χ4n) is 2.11. The molecule has 19 heavy (non-hydrogen) atoms. The molecule has 98 valence electrons. The summed E-state index contributed by atoms with van der Waals surface area (Å²) in [6.45, 7) is 0.825. The molecule has 2 aromatic rings. The van der Waals surface area contributed by atoms with Gasteiger partial charge in [-0.15, -0.1) is 11.3 Å². The summed E-state index contributed by atoms with van der Waals surface area (Å²) in [5.74, 6) is 0.998. The van der Waals surface area contributed by atoms with E-state index >= 15 is 0 Å². The van der Waals surface area contributed by atoms with E-state index < -0.39 is 0 Å². The second-order valence-electron chi connectivity index (χ2n) is 4.83. The molecule has 2 aromatic heterocycles. The third-order valence-electron chi connectivity index (χ3n) is 3.29. The second-order valence-corrected chi connectivity index (χ2v) is 5.78. The number of nitriles is 1. The Morgan fingerprint density at radius 1 is 1.58 bits per heavy atom. The molecular weight excluding hydrogens is 256 g/mol. The van der Waals surface area contributed by atoms with E-state index in [-0.39, 0.29) is 6.04 Å². The quantitative estimate of drug-likeness (QED) is 0.879. The van der Waals surface area contributed by atoms with Gasteiger partial charge in [0, 0.05) is 25.0 Å². The van der Waals surface area contributed by atoms with Gasteiger partial charge in [0.05, 0.1) is 17.0 Å². The van der Waals surface area contributed by atoms with Crippen LogP contribution in [0.5, 0.6) is 0 Å². The highest BCUT2D eigenvalue weighted by Gasteiger charge is 2.24. The number of hydrogen-bond acceptors (Lipinski definition) is 4. The Morgan fingerprint density at radius 2 is 2.47 bits per heavy atom. The predicted molar refractivity (Wildman–Crippen MR) is 75.7 cm³/mol. The van der Waals surface area contributed by atoms with E-state index in [4.69, 9.17) is 5.26 Å². The van der Waals surface area contributed by atoms with Crippen molar-refractivity contribution in [2.24, 2.45) is 0 Å². The summed E-state index contributed by atoms with van der Waals surface area (Å²) < 4.78 is 2.13. The number of imidazole rings is 1. The van der Waals surface area contributed by atoms with Crippen molar-refractivity contribution in [1.29, 1.82) is 5.26 Å². The Balaban J connectivity index is 1.63. The van der Waals surface area contributed by atoms with Crippen LogP contribution in [0.25, 0.3) is 10.7 Å². The molecule has 1 unspecified atom stereocenters. The lowest BCUT2D eigenvalue weighted by Gasteiger charge is -2.12. The average molecular weight is 272 g/mol. The number of thiophene rings is 1. The highest BCUT2D eigenvalue weighted by atomic mass is 32.1. The van der Waals surface area contributed by atoms with Gasteiger partial charge in [-0.25, -0.2) is 4.98 Å². The minimum Gasteiger partial charge on any atom is -0.330 e. The lowest BCUT2D eigenvalue weighted by Crippen LogP contribution is -2.30. The number of nitrogens with one attached hydrogen (secondary N) is 1. The first kappa shape index (κ1) is 12.4. The Morgan fingerprint density at radius 3 is 3.16 bits per heavy atom. The highest BCUT2D eigenvalue weighted by molar-refractivity contribution is 7.13. The van der Waals surface area contributed by atoms with Crippen LogP contribution < -0.4 is 5.32 Å². The molecule has 0 spiro atoms. The van der Waals surface area contributed by atoms with E-state index in [0.717, 1.165) is 18.8 Å². The fourth-order valence-corrected chi connectivity index (χ4v) is 2.84. The number of hydrogen-bond donors (Lipinski definition) is 1. The maximum absolute atomic E-state index is 9.15. The van der Waals surface area contributed by atoms with Crippen molar-refractivity contribution >= 4 is 11.3 Å². The van der Waals surface area contributed by atoms with Gasteiger partial charge in [0.2, 0.25) is 0 Å². The van der Waals surface area contributed by atoms with Crippen molar-refractivity contribution in [3.8, 4) is 16.8 Å². The zero-order valence-corrected chi connectivity index (χ0v) is 11.4. The molecule has 0 bridgehead atoms. The topological polar surface area (TPSA) is 53.6 Å². The Hall–Kier alpha value is -1.64. The van der Waals surface area contributed by atoms with Gasteiger partial charge in [-0.3, -0.25) is 5.32 Å². The molecule has 0 saturated heterocycles. The first-order chi connectivity index (χ1) is 9.36. The van der Waals surface area contributed by atoms with Crippen LogP contribution in [0.15, 0.2) is 29.9 Å². The molecule has 0 aliphatic heterocycles. The summed E-state index contributed by atoms with van der Waals surface area (Å²) in [6.07, 6.45) is 7.06. The molecule has 1 saturated carbocycles. The Kier molecular flexibility index (Phi) is 3.62. The van der Waals surface area contributed by atoms with Gasteiger partial charge in [-0.2, -0.15) is 5.26 Å². The number of aryl methyl sites for hydroxylation is 1. The first-order valence-electron chi connectivity index (χ1n) is 6.57. The maximum atomic E-state index is 9.15. The third kappa shape index (κ3) is 3.03. The van der Waals surface area contributed by atoms with Crippen LogP contribution in [0.1, 0.15) is 19.3 Å². The summed E-state index contributed by atoms with van der Waals surface area (Å²) in [5, 5.41) is 14.6. The molecule has 1 fully saturated rings. The third-order valence-corrected chi connectivity index (χ3v) is 4.15. The van der Waals surface area contributed by atoms with Gasteiger partial charge >= 0.3 is 0 Å². The van der Waals surface area contributed by atoms with Crippen molar-refractivity contribution in [2.75, 3.05) is 0 Å². The first-order valence-corrected chi connectivity index (χ1v) is 7.45. The normalized spacial score (nSPS) is 16.2. The van der Waals surface area contributed by atoms with Crippen LogP contribution >= 0.6 is 11.3 Å². The van der Waals surface area contributed by atoms with Gasteiger partial charge in [0.1, 0.15) is 5.82 Å². The van der Waals surface area contributed by atoms with E-state index in [1.807, 2.05) is 18.5 Å². The van der Waals surface area contributed by atoms with Crippen molar-refractivity contribution in [3.63, 3.8) is 0 Å². The second kappa shape index (κ2) is 5.55. The number of nitrogens with zero attached hydrogens (tertiary/aromatic N) is 3. The smallest absolute Gasteiger partial charge is 0.149 e. The fraction of sp³-hybridized carbons (Fsp3) is 0.429. The van der Waals surface area contributed by atoms with E-state index in [2.05, 4.69) is 32.4 Å². The summed E-state index contributed by atoms with van der Waals surface area (Å²) >= 11 is 1.69. The van der Waals surface area contributed by atoms with Gasteiger partial charge in [0.15, 0.2) is 0 Å². The van der Waals surface area contributed by atoms with E-state index in [1.54, 1.807) is 11.3 Å². The van der Waals surface area contributed by atoms with Gasteiger partial charge < -0.3 is 4.57 Å². The molecule has 1 aliphatic rings. The van der Waals surface area contributed by atoms with Crippen LogP contribution in [0.2, 0.25) is 0 Å². The van der Waals surface area contributed by atoms with E-state index in [0.29, 0.717) is 6.04 Å². The Labute approximate surface area is 116 Å². The van der Waals surface area contributed by atoms with Crippen molar-refractivity contribution in [2.45, 2.75) is 37.9 Å². The molecule has 2 heterocycles. The van der Waals surface area contributed by atoms with E-state index in [1.165, 1.54) is 17.7 Å². The molecule has 0 radical (unpaired) electrons. The summed E-state index contributed by atoms with van der Waals surface area (Å²) in [4.78, 5) is 5.58. The molecule has 1 aliphatic carbocycles. The zero-order valence-electron chi connectivity index (χ0n) is 10.6. The zero-order chi connectivity index (χ0) is 13.1. The minimum absolute atomic E-state index is 0.0499. The van der Waals surface area contributed by atoms with Crippen LogP contribution in [-0.2, 0) is 6.54 Å². The monoisotopic (exact) mass is 272 g/mol. The molecule has 3 rings (SSSR count). The molecule has 1 atom stereocenters.